The highest BCUT2D eigenvalue weighted by atomic mass is 35.5. The van der Waals surface area contributed by atoms with Gasteiger partial charge in [-0.1, -0.05) is 30.3 Å². The van der Waals surface area contributed by atoms with E-state index in [1.54, 1.807) is 0 Å². The van der Waals surface area contributed by atoms with Crippen molar-refractivity contribution in [2.45, 2.75) is 31.8 Å². The lowest BCUT2D eigenvalue weighted by molar-refractivity contribution is -0.130. The number of benzene rings is 1. The Labute approximate surface area is 131 Å². The van der Waals surface area contributed by atoms with Crippen LogP contribution in [-0.2, 0) is 11.3 Å². The molecule has 1 aromatic carbocycles. The molecule has 2 fully saturated rings. The highest BCUT2D eigenvalue weighted by Crippen LogP contribution is 2.26. The number of hydrogen-bond acceptors (Lipinski definition) is 2. The average molecular weight is 307 g/mol. The zero-order valence-corrected chi connectivity index (χ0v) is 13.1. The van der Waals surface area contributed by atoms with Crippen LogP contribution in [-0.4, -0.2) is 47.3 Å². The standard InChI is InChI=1S/C17H23ClN2O/c18-10-15-9-17(21)20(12-15)16-7-4-8-19(13-16)11-14-5-2-1-3-6-14/h1-3,5-6,15-16H,4,7-13H2/t15?,16-/m1/s1. The van der Waals surface area contributed by atoms with Crippen LogP contribution in [0.1, 0.15) is 24.8 Å². The predicted molar refractivity (Wildman–Crippen MR) is 85.3 cm³/mol. The smallest absolute Gasteiger partial charge is 0.223 e. The number of alkyl halides is 1. The second-order valence-corrected chi connectivity index (χ2v) is 6.60. The summed E-state index contributed by atoms with van der Waals surface area (Å²) < 4.78 is 0. The third-order valence-electron chi connectivity index (χ3n) is 4.63. The molecule has 1 unspecified atom stereocenters. The minimum absolute atomic E-state index is 0.298. The molecule has 21 heavy (non-hydrogen) atoms. The molecule has 0 aromatic heterocycles. The van der Waals surface area contributed by atoms with Crippen molar-refractivity contribution >= 4 is 17.5 Å². The molecule has 0 bridgehead atoms. The van der Waals surface area contributed by atoms with Gasteiger partial charge in [0.15, 0.2) is 0 Å². The quantitative estimate of drug-likeness (QED) is 0.799. The van der Waals surface area contributed by atoms with Gasteiger partial charge in [-0.15, -0.1) is 11.6 Å². The molecule has 2 saturated heterocycles. The van der Waals surface area contributed by atoms with Gasteiger partial charge in [0.1, 0.15) is 0 Å². The molecule has 2 aliphatic heterocycles. The fraction of sp³-hybridized carbons (Fsp3) is 0.588. The Morgan fingerprint density at radius 2 is 2.00 bits per heavy atom. The van der Waals surface area contributed by atoms with Crippen LogP contribution in [0, 0.1) is 5.92 Å². The Hall–Kier alpha value is -1.06. The van der Waals surface area contributed by atoms with E-state index in [4.69, 9.17) is 11.6 Å². The molecule has 0 saturated carbocycles. The average Bonchev–Trinajstić information content (AvgIpc) is 2.90. The summed E-state index contributed by atoms with van der Waals surface area (Å²) in [5.74, 6) is 1.25. The number of nitrogens with zero attached hydrogens (tertiary/aromatic N) is 2. The maximum Gasteiger partial charge on any atom is 0.223 e. The number of likely N-dealkylation sites (tertiary alicyclic amines) is 2. The molecule has 1 amide bonds. The van der Waals surface area contributed by atoms with E-state index >= 15 is 0 Å². The van der Waals surface area contributed by atoms with Crippen LogP contribution in [0.2, 0.25) is 0 Å². The fourth-order valence-corrected chi connectivity index (χ4v) is 3.74. The van der Waals surface area contributed by atoms with Crippen molar-refractivity contribution in [2.75, 3.05) is 25.5 Å². The maximum atomic E-state index is 12.2. The van der Waals surface area contributed by atoms with Gasteiger partial charge in [0.25, 0.3) is 0 Å². The lowest BCUT2D eigenvalue weighted by atomic mass is 10.0. The third-order valence-corrected chi connectivity index (χ3v) is 5.06. The molecule has 2 aliphatic rings. The predicted octanol–water partition coefficient (Wildman–Crippen LogP) is 2.74. The SMILES string of the molecule is O=C1CC(CCl)CN1[C@@H]1CCCN(Cc2ccccc2)C1. The van der Waals surface area contributed by atoms with Crippen molar-refractivity contribution in [3.05, 3.63) is 35.9 Å². The lowest BCUT2D eigenvalue weighted by Crippen LogP contribution is -2.48. The molecule has 0 spiro atoms. The normalized spacial score (nSPS) is 27.3. The number of hydrogen-bond donors (Lipinski definition) is 0. The van der Waals surface area contributed by atoms with Gasteiger partial charge >= 0.3 is 0 Å². The zero-order valence-electron chi connectivity index (χ0n) is 12.4. The molecule has 114 valence electrons. The van der Waals surface area contributed by atoms with Crippen LogP contribution < -0.4 is 0 Å². The summed E-state index contributed by atoms with van der Waals surface area (Å²) in [4.78, 5) is 16.7. The van der Waals surface area contributed by atoms with Crippen LogP contribution in [0.4, 0.5) is 0 Å². The van der Waals surface area contributed by atoms with E-state index in [1.165, 1.54) is 12.0 Å². The summed E-state index contributed by atoms with van der Waals surface area (Å²) in [5, 5.41) is 0. The van der Waals surface area contributed by atoms with Crippen molar-refractivity contribution in [2.24, 2.45) is 5.92 Å². The van der Waals surface area contributed by atoms with Crippen molar-refractivity contribution < 1.29 is 4.79 Å². The molecule has 0 N–H and O–H groups in total. The van der Waals surface area contributed by atoms with Gasteiger partial charge in [0.2, 0.25) is 5.91 Å². The van der Waals surface area contributed by atoms with E-state index < -0.39 is 0 Å². The third kappa shape index (κ3) is 3.58. The van der Waals surface area contributed by atoms with Gasteiger partial charge in [0, 0.05) is 38.0 Å². The monoisotopic (exact) mass is 306 g/mol. The van der Waals surface area contributed by atoms with E-state index in [1.807, 2.05) is 0 Å². The fourth-order valence-electron chi connectivity index (χ4n) is 3.54. The Morgan fingerprint density at radius 1 is 1.19 bits per heavy atom. The second kappa shape index (κ2) is 6.80. The molecule has 4 heteroatoms. The minimum atomic E-state index is 0.298. The summed E-state index contributed by atoms with van der Waals surface area (Å²) in [6, 6.07) is 11.0. The second-order valence-electron chi connectivity index (χ2n) is 6.29. The first-order valence-electron chi connectivity index (χ1n) is 7.88. The van der Waals surface area contributed by atoms with Gasteiger partial charge in [-0.3, -0.25) is 9.69 Å². The molecule has 2 atom stereocenters. The summed E-state index contributed by atoms with van der Waals surface area (Å²) in [6.45, 7) is 3.96. The number of piperidine rings is 1. The topological polar surface area (TPSA) is 23.6 Å². The van der Waals surface area contributed by atoms with Crippen LogP contribution >= 0.6 is 11.6 Å². The Balaban J connectivity index is 1.59. The first kappa shape index (κ1) is 14.9. The molecule has 3 rings (SSSR count). The highest BCUT2D eigenvalue weighted by Gasteiger charge is 2.35. The molecule has 1 aromatic rings. The summed E-state index contributed by atoms with van der Waals surface area (Å²) >= 11 is 5.92. The number of halogens is 1. The summed E-state index contributed by atoms with van der Waals surface area (Å²) in [5.41, 5.74) is 1.35. The van der Waals surface area contributed by atoms with Crippen molar-refractivity contribution in [1.29, 1.82) is 0 Å². The summed E-state index contributed by atoms with van der Waals surface area (Å²) in [7, 11) is 0. The van der Waals surface area contributed by atoms with Crippen LogP contribution in [0.5, 0.6) is 0 Å². The Bertz CT molecular complexity index is 479. The molecule has 3 nitrogen and oxygen atoms in total. The molecule has 2 heterocycles. The van der Waals surface area contributed by atoms with E-state index in [0.29, 0.717) is 30.2 Å². The van der Waals surface area contributed by atoms with E-state index in [2.05, 4.69) is 40.1 Å². The van der Waals surface area contributed by atoms with Gasteiger partial charge in [-0.2, -0.15) is 0 Å². The van der Waals surface area contributed by atoms with Crippen molar-refractivity contribution in [3.63, 3.8) is 0 Å². The Morgan fingerprint density at radius 3 is 2.71 bits per heavy atom. The van der Waals surface area contributed by atoms with Crippen LogP contribution in [0.25, 0.3) is 0 Å². The van der Waals surface area contributed by atoms with Gasteiger partial charge in [0.05, 0.1) is 0 Å². The molecule has 0 aliphatic carbocycles. The van der Waals surface area contributed by atoms with E-state index in [0.717, 1.165) is 32.6 Å². The first-order chi connectivity index (χ1) is 10.3. The molecular weight excluding hydrogens is 284 g/mol. The number of carbonyl (C=O) groups is 1. The van der Waals surface area contributed by atoms with E-state index in [-0.39, 0.29) is 0 Å². The van der Waals surface area contributed by atoms with Gasteiger partial charge < -0.3 is 4.90 Å². The number of carbonyl (C=O) groups excluding carboxylic acids is 1. The van der Waals surface area contributed by atoms with E-state index in [9.17, 15) is 4.79 Å². The Kier molecular flexibility index (Phi) is 4.81. The van der Waals surface area contributed by atoms with Crippen LogP contribution in [0.15, 0.2) is 30.3 Å². The number of amides is 1. The minimum Gasteiger partial charge on any atom is -0.338 e. The summed E-state index contributed by atoms with van der Waals surface area (Å²) in [6.07, 6.45) is 2.94. The lowest BCUT2D eigenvalue weighted by Gasteiger charge is -2.37. The van der Waals surface area contributed by atoms with Gasteiger partial charge in [-0.25, -0.2) is 0 Å². The van der Waals surface area contributed by atoms with Crippen LogP contribution in [0.3, 0.4) is 0 Å². The first-order valence-corrected chi connectivity index (χ1v) is 8.41. The van der Waals surface area contributed by atoms with Crippen molar-refractivity contribution in [3.8, 4) is 0 Å². The maximum absolute atomic E-state index is 12.2. The number of rotatable bonds is 4. The molecular formula is C17H23ClN2O. The zero-order chi connectivity index (χ0) is 14.7. The highest BCUT2D eigenvalue weighted by molar-refractivity contribution is 6.18. The molecule has 0 radical (unpaired) electrons. The van der Waals surface area contributed by atoms with Gasteiger partial charge in [-0.05, 0) is 30.9 Å². The van der Waals surface area contributed by atoms with Crippen molar-refractivity contribution in [1.82, 2.24) is 9.80 Å². The largest absolute Gasteiger partial charge is 0.338 e.